The van der Waals surface area contributed by atoms with Crippen LogP contribution in [0.1, 0.15) is 30.2 Å². The summed E-state index contributed by atoms with van der Waals surface area (Å²) in [6.45, 7) is 5.51. The molecule has 3 aliphatic heterocycles. The Morgan fingerprint density at radius 2 is 2.10 bits per heavy atom. The fourth-order valence-electron chi connectivity index (χ4n) is 3.51. The molecule has 2 bridgehead atoms. The third-order valence-electron chi connectivity index (χ3n) is 4.71. The summed E-state index contributed by atoms with van der Waals surface area (Å²) >= 11 is 0. The van der Waals surface area contributed by atoms with E-state index in [2.05, 4.69) is 10.2 Å². The van der Waals surface area contributed by atoms with E-state index in [4.69, 9.17) is 4.74 Å². The van der Waals surface area contributed by atoms with Crippen molar-refractivity contribution in [3.8, 4) is 5.75 Å². The summed E-state index contributed by atoms with van der Waals surface area (Å²) in [4.78, 5) is 2.48. The first-order chi connectivity index (χ1) is 9.67. The van der Waals surface area contributed by atoms with E-state index in [1.54, 1.807) is 7.11 Å². The summed E-state index contributed by atoms with van der Waals surface area (Å²) in [5.41, 5.74) is 1.97. The highest BCUT2D eigenvalue weighted by molar-refractivity contribution is 5.38. The molecule has 0 aliphatic carbocycles. The number of methoxy groups -OCH3 is 1. The van der Waals surface area contributed by atoms with Crippen molar-refractivity contribution in [3.05, 3.63) is 29.3 Å². The molecule has 4 heteroatoms. The summed E-state index contributed by atoms with van der Waals surface area (Å²) < 4.78 is 5.36. The number of fused-ring (bicyclic) bond motifs is 3. The van der Waals surface area contributed by atoms with Crippen LogP contribution in [0.15, 0.2) is 18.2 Å². The van der Waals surface area contributed by atoms with Crippen LogP contribution in [0.25, 0.3) is 0 Å². The zero-order valence-electron chi connectivity index (χ0n) is 12.3. The molecule has 1 unspecified atom stereocenters. The van der Waals surface area contributed by atoms with Gasteiger partial charge in [-0.05, 0) is 50.9 Å². The fourth-order valence-corrected chi connectivity index (χ4v) is 3.51. The zero-order valence-corrected chi connectivity index (χ0v) is 12.3. The number of ether oxygens (including phenoxy) is 1. The van der Waals surface area contributed by atoms with Crippen LogP contribution in [-0.4, -0.2) is 42.8 Å². The van der Waals surface area contributed by atoms with E-state index >= 15 is 0 Å². The van der Waals surface area contributed by atoms with Gasteiger partial charge in [-0.2, -0.15) is 0 Å². The predicted octanol–water partition coefficient (Wildman–Crippen LogP) is 1.68. The second kappa shape index (κ2) is 5.72. The molecule has 0 spiro atoms. The minimum Gasteiger partial charge on any atom is -0.496 e. The highest BCUT2D eigenvalue weighted by atomic mass is 16.5. The molecule has 0 amide bonds. The molecule has 1 aromatic carbocycles. The Balaban J connectivity index is 1.73. The van der Waals surface area contributed by atoms with Gasteiger partial charge in [0.15, 0.2) is 0 Å². The molecule has 2 N–H and O–H groups in total. The van der Waals surface area contributed by atoms with Gasteiger partial charge in [0.05, 0.1) is 7.11 Å². The zero-order chi connectivity index (χ0) is 14.1. The van der Waals surface area contributed by atoms with Crippen molar-refractivity contribution < 1.29 is 9.84 Å². The maximum Gasteiger partial charge on any atom is 0.134 e. The third-order valence-corrected chi connectivity index (χ3v) is 4.71. The van der Waals surface area contributed by atoms with Gasteiger partial charge in [-0.25, -0.2) is 0 Å². The van der Waals surface area contributed by atoms with Crippen LogP contribution in [-0.2, 0) is 0 Å². The Morgan fingerprint density at radius 1 is 1.35 bits per heavy atom. The molecule has 1 aromatic rings. The van der Waals surface area contributed by atoms with E-state index in [0.29, 0.717) is 12.0 Å². The molecule has 3 fully saturated rings. The van der Waals surface area contributed by atoms with E-state index in [-0.39, 0.29) is 0 Å². The Bertz CT molecular complexity index is 470. The molecule has 3 saturated heterocycles. The van der Waals surface area contributed by atoms with Gasteiger partial charge >= 0.3 is 0 Å². The van der Waals surface area contributed by atoms with Gasteiger partial charge in [0.25, 0.3) is 0 Å². The van der Waals surface area contributed by atoms with Crippen LogP contribution >= 0.6 is 0 Å². The van der Waals surface area contributed by atoms with Crippen molar-refractivity contribution in [1.82, 2.24) is 10.2 Å². The van der Waals surface area contributed by atoms with E-state index in [1.165, 1.54) is 25.9 Å². The minimum atomic E-state index is -0.657. The summed E-state index contributed by atoms with van der Waals surface area (Å²) in [5, 5.41) is 13.9. The molecule has 3 heterocycles. The van der Waals surface area contributed by atoms with Crippen LogP contribution in [0.3, 0.4) is 0 Å². The molecule has 4 rings (SSSR count). The quantitative estimate of drug-likeness (QED) is 0.821. The Hall–Kier alpha value is -1.10. The monoisotopic (exact) mass is 276 g/mol. The van der Waals surface area contributed by atoms with Crippen LogP contribution in [0, 0.1) is 12.8 Å². The number of piperidine rings is 3. The average Bonchev–Trinajstić information content (AvgIpc) is 2.48. The van der Waals surface area contributed by atoms with Crippen molar-refractivity contribution in [2.45, 2.75) is 32.0 Å². The predicted molar refractivity (Wildman–Crippen MR) is 78.8 cm³/mol. The first kappa shape index (κ1) is 13.9. The lowest BCUT2D eigenvalue weighted by molar-refractivity contribution is 0.0302. The largest absolute Gasteiger partial charge is 0.496 e. The topological polar surface area (TPSA) is 44.7 Å². The van der Waals surface area contributed by atoms with E-state index < -0.39 is 6.23 Å². The van der Waals surface area contributed by atoms with Crippen molar-refractivity contribution in [3.63, 3.8) is 0 Å². The number of aliphatic hydroxyl groups is 1. The van der Waals surface area contributed by atoms with Crippen molar-refractivity contribution in [2.24, 2.45) is 5.92 Å². The van der Waals surface area contributed by atoms with Gasteiger partial charge in [0.2, 0.25) is 0 Å². The summed E-state index contributed by atoms with van der Waals surface area (Å²) in [5.74, 6) is 1.45. The van der Waals surface area contributed by atoms with Gasteiger partial charge < -0.3 is 14.7 Å². The molecule has 20 heavy (non-hydrogen) atoms. The maximum absolute atomic E-state index is 10.5. The number of aryl methyl sites for hydroxylation is 1. The van der Waals surface area contributed by atoms with Gasteiger partial charge in [-0.3, -0.25) is 5.32 Å². The highest BCUT2D eigenvalue weighted by Crippen LogP contribution is 2.31. The molecule has 3 aliphatic rings. The van der Waals surface area contributed by atoms with Crippen LogP contribution in [0.4, 0.5) is 0 Å². The van der Waals surface area contributed by atoms with Crippen molar-refractivity contribution in [1.29, 1.82) is 0 Å². The van der Waals surface area contributed by atoms with Gasteiger partial charge in [0, 0.05) is 18.2 Å². The Kier molecular flexibility index (Phi) is 3.96. The summed E-state index contributed by atoms with van der Waals surface area (Å²) in [6, 6.07) is 6.31. The highest BCUT2D eigenvalue weighted by Gasteiger charge is 2.35. The second-order valence-corrected chi connectivity index (χ2v) is 6.06. The minimum absolute atomic E-state index is 0.387. The number of nitrogens with one attached hydrogen (secondary N) is 1. The van der Waals surface area contributed by atoms with Gasteiger partial charge in [0.1, 0.15) is 12.0 Å². The molecule has 0 saturated carbocycles. The smallest absolute Gasteiger partial charge is 0.134 e. The van der Waals surface area contributed by atoms with Crippen molar-refractivity contribution in [2.75, 3.05) is 26.7 Å². The normalized spacial score (nSPS) is 30.2. The number of benzene rings is 1. The number of nitrogens with zero attached hydrogens (tertiary/aromatic N) is 1. The van der Waals surface area contributed by atoms with Crippen LogP contribution in [0.5, 0.6) is 5.75 Å². The first-order valence-electron chi connectivity index (χ1n) is 7.48. The molecule has 0 radical (unpaired) electrons. The fraction of sp³-hybridized carbons (Fsp3) is 0.625. The Labute approximate surface area is 120 Å². The molecule has 0 aromatic heterocycles. The molecule has 4 nitrogen and oxygen atoms in total. The average molecular weight is 276 g/mol. The van der Waals surface area contributed by atoms with Gasteiger partial charge in [-0.1, -0.05) is 11.6 Å². The Morgan fingerprint density at radius 3 is 2.70 bits per heavy atom. The molecular weight excluding hydrogens is 252 g/mol. The molecule has 110 valence electrons. The lowest BCUT2D eigenvalue weighted by Crippen LogP contribution is -2.56. The van der Waals surface area contributed by atoms with Crippen LogP contribution < -0.4 is 10.1 Å². The standard InChI is InChI=1S/C16H24N2O2/c1-11-3-4-15(20-2)13(9-11)16(19)17-14-10-18-7-5-12(14)6-8-18/h3-4,9,12,14,16-17,19H,5-8,10H2,1-2H3/t14-,16?/m1/s1. The first-order valence-corrected chi connectivity index (χ1v) is 7.48. The number of hydrogen-bond donors (Lipinski definition) is 2. The summed E-state index contributed by atoms with van der Waals surface area (Å²) in [6.07, 6.45) is 1.83. The van der Waals surface area contributed by atoms with Crippen LogP contribution in [0.2, 0.25) is 0 Å². The number of rotatable bonds is 4. The lowest BCUT2D eigenvalue weighted by atomic mass is 9.84. The second-order valence-electron chi connectivity index (χ2n) is 6.06. The third kappa shape index (κ3) is 2.68. The number of hydrogen-bond acceptors (Lipinski definition) is 4. The van der Waals surface area contributed by atoms with E-state index in [9.17, 15) is 5.11 Å². The van der Waals surface area contributed by atoms with Gasteiger partial charge in [-0.15, -0.1) is 0 Å². The van der Waals surface area contributed by atoms with Crippen molar-refractivity contribution >= 4 is 0 Å². The lowest BCUT2D eigenvalue weighted by Gasteiger charge is -2.45. The SMILES string of the molecule is COc1ccc(C)cc1C(O)N[C@@H]1CN2CCC1CC2. The number of aliphatic hydroxyl groups excluding tert-OH is 1. The molecule has 2 atom stereocenters. The molecular formula is C16H24N2O2. The maximum atomic E-state index is 10.5. The van der Waals surface area contributed by atoms with E-state index in [1.807, 2.05) is 25.1 Å². The van der Waals surface area contributed by atoms with E-state index in [0.717, 1.165) is 23.4 Å². The summed E-state index contributed by atoms with van der Waals surface area (Å²) in [7, 11) is 1.65.